The van der Waals surface area contributed by atoms with Crippen LogP contribution in [0, 0.1) is 11.3 Å². The summed E-state index contributed by atoms with van der Waals surface area (Å²) in [5, 5.41) is 0. The van der Waals surface area contributed by atoms with Gasteiger partial charge in [0, 0.05) is 0 Å². The minimum absolute atomic E-state index is 0.136. The maximum absolute atomic E-state index is 12.9. The molecular weight excluding hydrogens is 510 g/mol. The number of benzene rings is 3. The second-order valence-electron chi connectivity index (χ2n) is 11.8. The summed E-state index contributed by atoms with van der Waals surface area (Å²) in [7, 11) is 1.44. The van der Waals surface area contributed by atoms with Crippen LogP contribution in [0.2, 0.25) is 0 Å². The first-order valence-corrected chi connectivity index (χ1v) is 14.2. The molecule has 0 aromatic heterocycles. The Bertz CT molecular complexity index is 1330. The fourth-order valence-corrected chi connectivity index (χ4v) is 6.32. The molecule has 0 aliphatic heterocycles. The van der Waals surface area contributed by atoms with Gasteiger partial charge in [0.2, 0.25) is 0 Å². The minimum Gasteiger partial charge on any atom is -0.489 e. The van der Waals surface area contributed by atoms with Gasteiger partial charge in [0.1, 0.15) is 18.1 Å². The van der Waals surface area contributed by atoms with Gasteiger partial charge in [0.15, 0.2) is 0 Å². The average Bonchev–Trinajstić information content (AvgIpc) is 3.72. The van der Waals surface area contributed by atoms with Crippen LogP contribution < -0.4 is 9.47 Å². The molecule has 2 fully saturated rings. The molecule has 0 heterocycles. The number of esters is 1. The second kappa shape index (κ2) is 12.0. The van der Waals surface area contributed by atoms with E-state index in [-0.39, 0.29) is 23.1 Å². The summed E-state index contributed by atoms with van der Waals surface area (Å²) in [5.74, 6) is 1.77. The third kappa shape index (κ3) is 6.65. The van der Waals surface area contributed by atoms with Crippen LogP contribution in [0.4, 0.5) is 8.78 Å². The number of alkyl halides is 2. The van der Waals surface area contributed by atoms with Gasteiger partial charge in [0.25, 0.3) is 0 Å². The zero-order valence-electron chi connectivity index (χ0n) is 23.5. The zero-order valence-corrected chi connectivity index (χ0v) is 23.5. The Morgan fingerprint density at radius 3 is 2.45 bits per heavy atom. The van der Waals surface area contributed by atoms with Crippen LogP contribution in [0.5, 0.6) is 11.5 Å². The van der Waals surface area contributed by atoms with E-state index < -0.39 is 6.61 Å². The van der Waals surface area contributed by atoms with Crippen molar-refractivity contribution in [1.82, 2.24) is 0 Å². The molecule has 5 rings (SSSR count). The molecule has 2 atom stereocenters. The number of hydrogen-bond donors (Lipinski definition) is 0. The highest BCUT2D eigenvalue weighted by Gasteiger charge is 2.37. The van der Waals surface area contributed by atoms with E-state index in [0.29, 0.717) is 24.9 Å². The zero-order chi connectivity index (χ0) is 28.3. The summed E-state index contributed by atoms with van der Waals surface area (Å²) in [6.45, 7) is 2.17. The molecule has 2 aliphatic rings. The van der Waals surface area contributed by atoms with Crippen LogP contribution in [0.1, 0.15) is 80.9 Å². The minimum atomic E-state index is -2.86. The number of carbonyl (C=O) groups is 1. The molecule has 212 valence electrons. The first kappa shape index (κ1) is 28.1. The van der Waals surface area contributed by atoms with Crippen molar-refractivity contribution in [3.8, 4) is 22.6 Å². The van der Waals surface area contributed by atoms with Crippen molar-refractivity contribution in [2.24, 2.45) is 11.3 Å². The smallest absolute Gasteiger partial charge is 0.387 e. The van der Waals surface area contributed by atoms with E-state index in [1.54, 1.807) is 18.2 Å². The topological polar surface area (TPSA) is 44.8 Å². The van der Waals surface area contributed by atoms with Crippen LogP contribution in [0.3, 0.4) is 0 Å². The predicted octanol–water partition coefficient (Wildman–Crippen LogP) is 8.88. The monoisotopic (exact) mass is 548 g/mol. The van der Waals surface area contributed by atoms with Crippen LogP contribution >= 0.6 is 0 Å². The van der Waals surface area contributed by atoms with E-state index in [1.165, 1.54) is 12.7 Å². The van der Waals surface area contributed by atoms with Gasteiger partial charge in [-0.05, 0) is 101 Å². The number of carbonyl (C=O) groups excluding carboxylic acids is 1. The molecule has 4 nitrogen and oxygen atoms in total. The van der Waals surface area contributed by atoms with Crippen molar-refractivity contribution in [3.05, 3.63) is 83.4 Å². The molecular formula is C34H38F2O4. The van der Waals surface area contributed by atoms with Crippen LogP contribution in [0.15, 0.2) is 66.7 Å². The van der Waals surface area contributed by atoms with E-state index in [2.05, 4.69) is 48.9 Å². The molecule has 2 saturated carbocycles. The Hall–Kier alpha value is -3.41. The maximum atomic E-state index is 12.9. The van der Waals surface area contributed by atoms with Gasteiger partial charge in [0.05, 0.1) is 13.5 Å². The number of hydrogen-bond acceptors (Lipinski definition) is 4. The maximum Gasteiger partial charge on any atom is 0.387 e. The van der Waals surface area contributed by atoms with Gasteiger partial charge in [-0.2, -0.15) is 8.78 Å². The van der Waals surface area contributed by atoms with Crippen molar-refractivity contribution >= 4 is 5.97 Å². The quantitative estimate of drug-likeness (QED) is 0.225. The van der Waals surface area contributed by atoms with Gasteiger partial charge in [-0.3, -0.25) is 4.79 Å². The Morgan fingerprint density at radius 1 is 0.975 bits per heavy atom. The number of methoxy groups -OCH3 is 1. The number of rotatable bonds is 11. The molecule has 3 aromatic carbocycles. The Kier molecular flexibility index (Phi) is 8.43. The Morgan fingerprint density at radius 2 is 1.75 bits per heavy atom. The molecule has 6 heteroatoms. The van der Waals surface area contributed by atoms with Crippen molar-refractivity contribution < 1.29 is 27.8 Å². The molecule has 0 saturated heterocycles. The lowest BCUT2D eigenvalue weighted by atomic mass is 9.75. The standard InChI is InChI=1S/C34H38F2O4/c1-34(2)16-6-11-31(34)30-17-22(12-15-28(30)24-7-5-10-27(19-24)40-33(35)36)21-39-26-9-4-8-25(18-26)29(23-13-14-23)20-32(37)38-3/h4-5,7-10,12,15,17-19,23,29,31,33H,6,11,13-14,16,20-21H2,1-3H3/t29-,31-/m1/s1. The molecule has 0 amide bonds. The number of ether oxygens (including phenoxy) is 3. The summed E-state index contributed by atoms with van der Waals surface area (Å²) in [6, 6.07) is 21.4. The molecule has 0 radical (unpaired) electrons. The molecule has 0 N–H and O–H groups in total. The van der Waals surface area contributed by atoms with Crippen molar-refractivity contribution in [2.75, 3.05) is 7.11 Å². The van der Waals surface area contributed by atoms with E-state index in [9.17, 15) is 13.6 Å². The summed E-state index contributed by atoms with van der Waals surface area (Å²) >= 11 is 0. The van der Waals surface area contributed by atoms with E-state index in [4.69, 9.17) is 9.47 Å². The van der Waals surface area contributed by atoms with Crippen LogP contribution in [0.25, 0.3) is 11.1 Å². The van der Waals surface area contributed by atoms with Crippen molar-refractivity contribution in [2.45, 2.75) is 77.4 Å². The van der Waals surface area contributed by atoms with Crippen molar-refractivity contribution in [3.63, 3.8) is 0 Å². The highest BCUT2D eigenvalue weighted by molar-refractivity contribution is 5.71. The largest absolute Gasteiger partial charge is 0.489 e. The van der Waals surface area contributed by atoms with Gasteiger partial charge in [-0.1, -0.05) is 62.7 Å². The molecule has 0 unspecified atom stereocenters. The highest BCUT2D eigenvalue weighted by Crippen LogP contribution is 2.51. The number of halogens is 2. The molecule has 2 aliphatic carbocycles. The predicted molar refractivity (Wildman–Crippen MR) is 152 cm³/mol. The van der Waals surface area contributed by atoms with Crippen LogP contribution in [-0.4, -0.2) is 19.7 Å². The Labute approximate surface area is 235 Å². The van der Waals surface area contributed by atoms with Gasteiger partial charge in [-0.25, -0.2) is 0 Å². The van der Waals surface area contributed by atoms with E-state index in [1.807, 2.05) is 18.2 Å². The first-order chi connectivity index (χ1) is 19.2. The fraction of sp³-hybridized carbons (Fsp3) is 0.441. The summed E-state index contributed by atoms with van der Waals surface area (Å²) in [5.41, 5.74) is 5.43. The van der Waals surface area contributed by atoms with Gasteiger partial charge < -0.3 is 14.2 Å². The lowest BCUT2D eigenvalue weighted by molar-refractivity contribution is -0.141. The summed E-state index contributed by atoms with van der Waals surface area (Å²) in [6.07, 6.45) is 6.05. The lowest BCUT2D eigenvalue weighted by Gasteiger charge is -2.30. The summed E-state index contributed by atoms with van der Waals surface area (Å²) in [4.78, 5) is 12.0. The van der Waals surface area contributed by atoms with E-state index in [0.717, 1.165) is 60.1 Å². The Balaban J connectivity index is 1.39. The molecule has 3 aromatic rings. The molecule has 40 heavy (non-hydrogen) atoms. The van der Waals surface area contributed by atoms with Crippen molar-refractivity contribution in [1.29, 1.82) is 0 Å². The van der Waals surface area contributed by atoms with E-state index >= 15 is 0 Å². The third-order valence-corrected chi connectivity index (χ3v) is 8.62. The summed E-state index contributed by atoms with van der Waals surface area (Å²) < 4.78 is 41.7. The van der Waals surface area contributed by atoms with Crippen LogP contribution in [-0.2, 0) is 16.1 Å². The van der Waals surface area contributed by atoms with Gasteiger partial charge in [-0.15, -0.1) is 0 Å². The second-order valence-corrected chi connectivity index (χ2v) is 11.8. The van der Waals surface area contributed by atoms with Gasteiger partial charge >= 0.3 is 12.6 Å². The normalized spacial score (nSPS) is 18.9. The molecule has 0 bridgehead atoms. The highest BCUT2D eigenvalue weighted by atomic mass is 19.3. The SMILES string of the molecule is COC(=O)C[C@@H](c1cccc(OCc2ccc(-c3cccc(OC(F)F)c3)c([C@H]3CCCC3(C)C)c2)c1)C1CC1. The first-order valence-electron chi connectivity index (χ1n) is 14.2. The lowest BCUT2D eigenvalue weighted by Crippen LogP contribution is -2.16. The average molecular weight is 549 g/mol. The molecule has 0 spiro atoms. The fourth-order valence-electron chi connectivity index (χ4n) is 6.32. The third-order valence-electron chi connectivity index (χ3n) is 8.62.